The molecule has 0 spiro atoms. The van der Waals surface area contributed by atoms with E-state index in [-0.39, 0.29) is 0 Å². The van der Waals surface area contributed by atoms with Crippen LogP contribution < -0.4 is 5.32 Å². The number of nitrogens with one attached hydrogen (secondary N) is 1. The Kier molecular flexibility index (Phi) is 5.04. The molecular weight excluding hydrogens is 230 g/mol. The van der Waals surface area contributed by atoms with Crippen molar-refractivity contribution in [2.24, 2.45) is 5.41 Å². The molecule has 0 saturated carbocycles. The Bertz CT molecular complexity index is 381. The van der Waals surface area contributed by atoms with Crippen LogP contribution in [0.5, 0.6) is 0 Å². The van der Waals surface area contributed by atoms with Gasteiger partial charge < -0.3 is 5.32 Å². The Labute approximate surface area is 118 Å². The third-order valence-corrected chi connectivity index (χ3v) is 5.10. The zero-order valence-corrected chi connectivity index (χ0v) is 12.8. The predicted octanol–water partition coefficient (Wildman–Crippen LogP) is 4.66. The summed E-state index contributed by atoms with van der Waals surface area (Å²) in [4.78, 5) is 0. The Morgan fingerprint density at radius 3 is 2.58 bits per heavy atom. The van der Waals surface area contributed by atoms with Gasteiger partial charge in [0.15, 0.2) is 0 Å². The minimum atomic E-state index is 0.524. The van der Waals surface area contributed by atoms with Gasteiger partial charge in [-0.25, -0.2) is 0 Å². The molecule has 0 aliphatic carbocycles. The Morgan fingerprint density at radius 1 is 1.21 bits per heavy atom. The van der Waals surface area contributed by atoms with Crippen molar-refractivity contribution >= 4 is 0 Å². The van der Waals surface area contributed by atoms with E-state index in [2.05, 4.69) is 50.4 Å². The molecule has 106 valence electrons. The minimum absolute atomic E-state index is 0.524. The van der Waals surface area contributed by atoms with E-state index in [1.807, 2.05) is 0 Å². The van der Waals surface area contributed by atoms with Crippen LogP contribution in [-0.2, 0) is 0 Å². The third-order valence-electron chi connectivity index (χ3n) is 5.10. The van der Waals surface area contributed by atoms with Crippen LogP contribution in [0.25, 0.3) is 0 Å². The van der Waals surface area contributed by atoms with E-state index in [0.717, 1.165) is 6.54 Å². The fourth-order valence-corrected chi connectivity index (χ4v) is 3.67. The number of benzene rings is 1. The highest BCUT2D eigenvalue weighted by Crippen LogP contribution is 2.47. The summed E-state index contributed by atoms with van der Waals surface area (Å²) in [6, 6.07) is 9.24. The fourth-order valence-electron chi connectivity index (χ4n) is 3.67. The molecule has 0 amide bonds. The summed E-state index contributed by atoms with van der Waals surface area (Å²) in [5.41, 5.74) is 3.43. The van der Waals surface area contributed by atoms with Gasteiger partial charge in [-0.1, -0.05) is 56.5 Å². The first kappa shape index (κ1) is 14.6. The van der Waals surface area contributed by atoms with Crippen molar-refractivity contribution in [3.63, 3.8) is 0 Å². The normalized spacial score (nSPS) is 27.4. The van der Waals surface area contributed by atoms with Gasteiger partial charge in [0.05, 0.1) is 0 Å². The topological polar surface area (TPSA) is 12.0 Å². The number of hydrogen-bond acceptors (Lipinski definition) is 1. The van der Waals surface area contributed by atoms with Crippen LogP contribution in [0.2, 0.25) is 0 Å². The van der Waals surface area contributed by atoms with Crippen LogP contribution in [0, 0.1) is 12.3 Å². The van der Waals surface area contributed by atoms with Crippen LogP contribution in [0.3, 0.4) is 0 Å². The lowest BCUT2D eigenvalue weighted by atomic mass is 9.64. The number of rotatable bonds is 5. The van der Waals surface area contributed by atoms with Crippen LogP contribution in [0.4, 0.5) is 0 Å². The van der Waals surface area contributed by atoms with Gasteiger partial charge in [0.2, 0.25) is 0 Å². The number of piperidine rings is 1. The summed E-state index contributed by atoms with van der Waals surface area (Å²) in [5.74, 6) is 0.693. The summed E-state index contributed by atoms with van der Waals surface area (Å²) in [6.07, 6.45) is 6.72. The van der Waals surface area contributed by atoms with Crippen LogP contribution >= 0.6 is 0 Å². The second-order valence-corrected chi connectivity index (χ2v) is 6.24. The second kappa shape index (κ2) is 6.56. The molecule has 1 heterocycles. The molecule has 1 nitrogen and oxygen atoms in total. The molecule has 1 fully saturated rings. The van der Waals surface area contributed by atoms with Gasteiger partial charge in [0.1, 0.15) is 0 Å². The van der Waals surface area contributed by atoms with E-state index in [1.165, 1.54) is 49.8 Å². The Balaban J connectivity index is 2.25. The van der Waals surface area contributed by atoms with E-state index in [0.29, 0.717) is 11.3 Å². The van der Waals surface area contributed by atoms with Gasteiger partial charge >= 0.3 is 0 Å². The first-order valence-electron chi connectivity index (χ1n) is 7.99. The monoisotopic (exact) mass is 259 g/mol. The van der Waals surface area contributed by atoms with Crippen LogP contribution in [0.1, 0.15) is 63.0 Å². The fraction of sp³-hybridized carbons (Fsp3) is 0.667. The largest absolute Gasteiger partial charge is 0.316 e. The van der Waals surface area contributed by atoms with E-state index in [4.69, 9.17) is 0 Å². The Hall–Kier alpha value is -0.820. The lowest BCUT2D eigenvalue weighted by molar-refractivity contribution is 0.136. The second-order valence-electron chi connectivity index (χ2n) is 6.24. The van der Waals surface area contributed by atoms with E-state index < -0.39 is 0 Å². The molecular formula is C18H29N. The zero-order chi connectivity index (χ0) is 13.7. The standard InChI is InChI=1S/C18H29N/c1-4-6-11-18(5-2)12-13-19-14-17(18)16-9-7-15(3)8-10-16/h7-10,17,19H,4-6,11-14H2,1-3H3. The molecule has 2 atom stereocenters. The van der Waals surface area contributed by atoms with Crippen molar-refractivity contribution in [3.05, 3.63) is 35.4 Å². The summed E-state index contributed by atoms with van der Waals surface area (Å²) in [5, 5.41) is 3.61. The first-order valence-corrected chi connectivity index (χ1v) is 7.99. The van der Waals surface area contributed by atoms with Crippen LogP contribution in [0.15, 0.2) is 24.3 Å². The minimum Gasteiger partial charge on any atom is -0.316 e. The van der Waals surface area contributed by atoms with Gasteiger partial charge in [0.25, 0.3) is 0 Å². The quantitative estimate of drug-likeness (QED) is 0.811. The molecule has 1 aliphatic rings. The van der Waals surface area contributed by atoms with Gasteiger partial charge in [-0.2, -0.15) is 0 Å². The highest BCUT2D eigenvalue weighted by Gasteiger charge is 2.39. The number of unbranched alkanes of at least 4 members (excludes halogenated alkanes) is 1. The number of hydrogen-bond donors (Lipinski definition) is 1. The zero-order valence-electron chi connectivity index (χ0n) is 12.8. The molecule has 0 bridgehead atoms. The summed E-state index contributed by atoms with van der Waals surface area (Å²) < 4.78 is 0. The van der Waals surface area contributed by atoms with E-state index in [1.54, 1.807) is 0 Å². The molecule has 19 heavy (non-hydrogen) atoms. The smallest absolute Gasteiger partial charge is 0.00255 e. The summed E-state index contributed by atoms with van der Waals surface area (Å²) >= 11 is 0. The molecule has 1 saturated heterocycles. The van der Waals surface area contributed by atoms with Gasteiger partial charge in [-0.15, -0.1) is 0 Å². The van der Waals surface area contributed by atoms with Crippen LogP contribution in [-0.4, -0.2) is 13.1 Å². The molecule has 1 aromatic rings. The average Bonchev–Trinajstić information content (AvgIpc) is 2.46. The molecule has 1 N–H and O–H groups in total. The summed E-state index contributed by atoms with van der Waals surface area (Å²) in [6.45, 7) is 9.22. The lowest BCUT2D eigenvalue weighted by Gasteiger charge is -2.45. The van der Waals surface area contributed by atoms with E-state index >= 15 is 0 Å². The predicted molar refractivity (Wildman–Crippen MR) is 83.7 cm³/mol. The molecule has 1 aromatic carbocycles. The van der Waals surface area contributed by atoms with Gasteiger partial charge in [-0.05, 0) is 43.7 Å². The molecule has 1 aliphatic heterocycles. The van der Waals surface area contributed by atoms with Gasteiger partial charge in [0, 0.05) is 12.5 Å². The Morgan fingerprint density at radius 2 is 1.95 bits per heavy atom. The van der Waals surface area contributed by atoms with Crippen molar-refractivity contribution in [1.29, 1.82) is 0 Å². The average molecular weight is 259 g/mol. The molecule has 0 radical (unpaired) electrons. The molecule has 2 rings (SSSR count). The third kappa shape index (κ3) is 3.20. The highest BCUT2D eigenvalue weighted by molar-refractivity contribution is 5.27. The molecule has 2 unspecified atom stereocenters. The van der Waals surface area contributed by atoms with Crippen molar-refractivity contribution in [1.82, 2.24) is 5.32 Å². The van der Waals surface area contributed by atoms with E-state index in [9.17, 15) is 0 Å². The SMILES string of the molecule is CCCCC1(CC)CCNCC1c1ccc(C)cc1. The molecule has 1 heteroatoms. The maximum Gasteiger partial charge on any atom is 0.00255 e. The maximum absolute atomic E-state index is 3.61. The van der Waals surface area contributed by atoms with Crippen molar-refractivity contribution in [2.75, 3.05) is 13.1 Å². The van der Waals surface area contributed by atoms with Crippen molar-refractivity contribution < 1.29 is 0 Å². The summed E-state index contributed by atoms with van der Waals surface area (Å²) in [7, 11) is 0. The molecule has 0 aromatic heterocycles. The first-order chi connectivity index (χ1) is 9.22. The maximum atomic E-state index is 3.61. The van der Waals surface area contributed by atoms with Crippen molar-refractivity contribution in [2.45, 2.75) is 58.8 Å². The van der Waals surface area contributed by atoms with Crippen molar-refractivity contribution in [3.8, 4) is 0 Å². The van der Waals surface area contributed by atoms with Gasteiger partial charge in [-0.3, -0.25) is 0 Å². The lowest BCUT2D eigenvalue weighted by Crippen LogP contribution is -2.43. The number of aryl methyl sites for hydroxylation is 1. The highest BCUT2D eigenvalue weighted by atomic mass is 14.9.